The van der Waals surface area contributed by atoms with Crippen molar-refractivity contribution in [2.75, 3.05) is 13.7 Å². The highest BCUT2D eigenvalue weighted by Crippen LogP contribution is 2.25. The van der Waals surface area contributed by atoms with Crippen molar-refractivity contribution in [3.63, 3.8) is 0 Å². The van der Waals surface area contributed by atoms with E-state index in [4.69, 9.17) is 4.74 Å². The van der Waals surface area contributed by atoms with Crippen LogP contribution in [0.15, 0.2) is 0 Å². The highest BCUT2D eigenvalue weighted by molar-refractivity contribution is 5.88. The van der Waals surface area contributed by atoms with Crippen LogP contribution in [0.25, 0.3) is 0 Å². The molecule has 0 aliphatic carbocycles. The van der Waals surface area contributed by atoms with Gasteiger partial charge in [0.15, 0.2) is 5.69 Å². The lowest BCUT2D eigenvalue weighted by Crippen LogP contribution is -2.21. The first-order valence-corrected chi connectivity index (χ1v) is 7.03. The minimum Gasteiger partial charge on any atom is -0.464 e. The summed E-state index contributed by atoms with van der Waals surface area (Å²) < 4.78 is 6.66. The summed E-state index contributed by atoms with van der Waals surface area (Å²) in [7, 11) is 1.38. The fraction of sp³-hybridized carbons (Fsp3) is 0.769. The number of rotatable bonds is 6. The third-order valence-electron chi connectivity index (χ3n) is 3.52. The Balaban J connectivity index is 2.21. The molecule has 106 valence electrons. The zero-order valence-electron chi connectivity index (χ0n) is 11.7. The van der Waals surface area contributed by atoms with Gasteiger partial charge in [0.2, 0.25) is 0 Å². The number of methoxy groups -OCH3 is 1. The summed E-state index contributed by atoms with van der Waals surface area (Å²) in [6, 6.07) is 0.172. The van der Waals surface area contributed by atoms with Gasteiger partial charge in [-0.15, -0.1) is 5.10 Å². The second-order valence-electron chi connectivity index (χ2n) is 4.89. The van der Waals surface area contributed by atoms with E-state index >= 15 is 0 Å². The monoisotopic (exact) mass is 266 g/mol. The smallest absolute Gasteiger partial charge is 0.360 e. The van der Waals surface area contributed by atoms with Crippen LogP contribution < -0.4 is 5.32 Å². The number of hydrogen-bond donors (Lipinski definition) is 1. The SMILES string of the molecule is CCCCCn1nnc(C(=O)OC)c1C1CCCN1. The Morgan fingerprint density at radius 3 is 3.00 bits per heavy atom. The maximum Gasteiger partial charge on any atom is 0.360 e. The largest absolute Gasteiger partial charge is 0.464 e. The number of carbonyl (C=O) groups excluding carboxylic acids is 1. The average Bonchev–Trinajstić information content (AvgIpc) is 3.06. The Morgan fingerprint density at radius 1 is 1.53 bits per heavy atom. The van der Waals surface area contributed by atoms with Crippen molar-refractivity contribution in [3.8, 4) is 0 Å². The second kappa shape index (κ2) is 6.65. The van der Waals surface area contributed by atoms with Gasteiger partial charge in [-0.25, -0.2) is 9.48 Å². The van der Waals surface area contributed by atoms with Gasteiger partial charge in [0, 0.05) is 6.54 Å². The molecule has 0 bridgehead atoms. The summed E-state index contributed by atoms with van der Waals surface area (Å²) in [5, 5.41) is 11.5. The summed E-state index contributed by atoms with van der Waals surface area (Å²) in [5.74, 6) is -0.398. The quantitative estimate of drug-likeness (QED) is 0.626. The molecule has 1 N–H and O–H groups in total. The number of unbranched alkanes of at least 4 members (excludes halogenated alkanes) is 2. The number of esters is 1. The molecule has 1 aromatic rings. The Labute approximate surface area is 113 Å². The summed E-state index contributed by atoms with van der Waals surface area (Å²) in [6.07, 6.45) is 5.51. The van der Waals surface area contributed by atoms with Crippen LogP contribution in [0.5, 0.6) is 0 Å². The lowest BCUT2D eigenvalue weighted by molar-refractivity contribution is 0.0591. The lowest BCUT2D eigenvalue weighted by Gasteiger charge is -2.13. The minimum atomic E-state index is -0.398. The van der Waals surface area contributed by atoms with Gasteiger partial charge >= 0.3 is 5.97 Å². The molecule has 1 atom stereocenters. The molecule has 6 nitrogen and oxygen atoms in total. The van der Waals surface area contributed by atoms with E-state index in [1.54, 1.807) is 0 Å². The highest BCUT2D eigenvalue weighted by atomic mass is 16.5. The maximum atomic E-state index is 11.8. The first-order chi connectivity index (χ1) is 9.27. The van der Waals surface area contributed by atoms with E-state index in [1.807, 2.05) is 4.68 Å². The fourth-order valence-electron chi connectivity index (χ4n) is 2.50. The van der Waals surface area contributed by atoms with Gasteiger partial charge in [-0.1, -0.05) is 25.0 Å². The summed E-state index contributed by atoms with van der Waals surface area (Å²) in [6.45, 7) is 3.96. The molecule has 1 saturated heterocycles. The fourth-order valence-corrected chi connectivity index (χ4v) is 2.50. The molecule has 19 heavy (non-hydrogen) atoms. The average molecular weight is 266 g/mol. The van der Waals surface area contributed by atoms with Crippen molar-refractivity contribution in [2.45, 2.75) is 51.6 Å². The van der Waals surface area contributed by atoms with Gasteiger partial charge in [-0.05, 0) is 25.8 Å². The number of ether oxygens (including phenoxy) is 1. The van der Waals surface area contributed by atoms with Crippen molar-refractivity contribution in [2.24, 2.45) is 0 Å². The molecular weight excluding hydrogens is 244 g/mol. The number of nitrogens with one attached hydrogen (secondary N) is 1. The highest BCUT2D eigenvalue weighted by Gasteiger charge is 2.28. The van der Waals surface area contributed by atoms with E-state index in [1.165, 1.54) is 7.11 Å². The predicted octanol–water partition coefficient (Wildman–Crippen LogP) is 1.68. The molecule has 0 spiro atoms. The van der Waals surface area contributed by atoms with E-state index in [0.29, 0.717) is 5.69 Å². The van der Waals surface area contributed by atoms with Crippen LogP contribution in [0.3, 0.4) is 0 Å². The number of carbonyl (C=O) groups is 1. The van der Waals surface area contributed by atoms with Gasteiger partial charge in [0.05, 0.1) is 18.8 Å². The number of nitrogens with zero attached hydrogens (tertiary/aromatic N) is 3. The molecule has 0 aromatic carbocycles. The van der Waals surface area contributed by atoms with Crippen LogP contribution in [-0.4, -0.2) is 34.6 Å². The number of hydrogen-bond acceptors (Lipinski definition) is 5. The van der Waals surface area contributed by atoms with Crippen LogP contribution in [0.2, 0.25) is 0 Å². The van der Waals surface area contributed by atoms with Crippen LogP contribution in [0.4, 0.5) is 0 Å². The lowest BCUT2D eigenvalue weighted by atomic mass is 10.1. The summed E-state index contributed by atoms with van der Waals surface area (Å²) in [5.41, 5.74) is 1.25. The topological polar surface area (TPSA) is 69.0 Å². The Hall–Kier alpha value is -1.43. The van der Waals surface area contributed by atoms with Crippen LogP contribution in [0.1, 0.15) is 61.3 Å². The molecule has 0 amide bonds. The van der Waals surface area contributed by atoms with Crippen molar-refractivity contribution in [1.82, 2.24) is 20.3 Å². The molecule has 6 heteroatoms. The standard InChI is InChI=1S/C13H22N4O2/c1-3-4-5-9-17-12(10-7-6-8-14-10)11(15-16-17)13(18)19-2/h10,14H,3-9H2,1-2H3. The van der Waals surface area contributed by atoms with Gasteiger partial charge in [-0.3, -0.25) is 0 Å². The first kappa shape index (κ1) is 14.0. The molecule has 2 rings (SSSR count). The molecule has 1 aromatic heterocycles. The van der Waals surface area contributed by atoms with Gasteiger partial charge in [-0.2, -0.15) is 0 Å². The van der Waals surface area contributed by atoms with E-state index in [2.05, 4.69) is 22.6 Å². The zero-order valence-corrected chi connectivity index (χ0v) is 11.7. The van der Waals surface area contributed by atoms with Gasteiger partial charge in [0.1, 0.15) is 0 Å². The van der Waals surface area contributed by atoms with Crippen molar-refractivity contribution < 1.29 is 9.53 Å². The van der Waals surface area contributed by atoms with Gasteiger partial charge in [0.25, 0.3) is 0 Å². The normalized spacial score (nSPS) is 18.7. The molecule has 1 aliphatic rings. The van der Waals surface area contributed by atoms with Crippen molar-refractivity contribution >= 4 is 5.97 Å². The molecular formula is C13H22N4O2. The van der Waals surface area contributed by atoms with E-state index in [0.717, 1.165) is 50.9 Å². The Morgan fingerprint density at radius 2 is 2.37 bits per heavy atom. The summed E-state index contributed by atoms with van der Waals surface area (Å²) in [4.78, 5) is 11.8. The van der Waals surface area contributed by atoms with Gasteiger partial charge < -0.3 is 10.1 Å². The molecule has 1 aliphatic heterocycles. The van der Waals surface area contributed by atoms with E-state index in [-0.39, 0.29) is 6.04 Å². The third kappa shape index (κ3) is 3.12. The summed E-state index contributed by atoms with van der Waals surface area (Å²) >= 11 is 0. The zero-order chi connectivity index (χ0) is 13.7. The molecule has 0 saturated carbocycles. The van der Waals surface area contributed by atoms with Crippen molar-refractivity contribution in [1.29, 1.82) is 0 Å². The molecule has 0 radical (unpaired) electrons. The van der Waals surface area contributed by atoms with Crippen molar-refractivity contribution in [3.05, 3.63) is 11.4 Å². The molecule has 2 heterocycles. The molecule has 1 fully saturated rings. The van der Waals surface area contributed by atoms with Crippen LogP contribution >= 0.6 is 0 Å². The number of aromatic nitrogens is 3. The predicted molar refractivity (Wildman–Crippen MR) is 70.9 cm³/mol. The first-order valence-electron chi connectivity index (χ1n) is 7.03. The third-order valence-corrected chi connectivity index (χ3v) is 3.52. The van der Waals surface area contributed by atoms with E-state index in [9.17, 15) is 4.79 Å². The van der Waals surface area contributed by atoms with Crippen LogP contribution in [0, 0.1) is 0 Å². The second-order valence-corrected chi connectivity index (χ2v) is 4.89. The Bertz CT molecular complexity index is 424. The van der Waals surface area contributed by atoms with E-state index < -0.39 is 5.97 Å². The molecule has 1 unspecified atom stereocenters. The Kier molecular flexibility index (Phi) is 4.90. The minimum absolute atomic E-state index is 0.172. The van der Waals surface area contributed by atoms with Crippen LogP contribution in [-0.2, 0) is 11.3 Å². The number of aryl methyl sites for hydroxylation is 1. The maximum absolute atomic E-state index is 11.8.